The number of rotatable bonds is 3. The number of pyridine rings is 1. The molecule has 2 unspecified atom stereocenters. The zero-order valence-corrected chi connectivity index (χ0v) is 9.48. The second-order valence-corrected chi connectivity index (χ2v) is 4.40. The Morgan fingerprint density at radius 1 is 1.47 bits per heavy atom. The molecule has 3 N–H and O–H groups in total. The summed E-state index contributed by atoms with van der Waals surface area (Å²) in [5.41, 5.74) is 0.212. The van der Waals surface area contributed by atoms with E-state index in [2.05, 4.69) is 10.3 Å². The van der Waals surface area contributed by atoms with Crippen LogP contribution in [0.5, 0.6) is 0 Å². The first-order valence-corrected chi connectivity index (χ1v) is 5.81. The summed E-state index contributed by atoms with van der Waals surface area (Å²) in [4.78, 5) is 25.2. The van der Waals surface area contributed by atoms with E-state index < -0.39 is 0 Å². The molecule has 0 aliphatic heterocycles. The van der Waals surface area contributed by atoms with Crippen LogP contribution in [0.3, 0.4) is 0 Å². The quantitative estimate of drug-likeness (QED) is 0.704. The highest BCUT2D eigenvalue weighted by Gasteiger charge is 2.27. The van der Waals surface area contributed by atoms with Crippen molar-refractivity contribution in [1.29, 1.82) is 0 Å². The molecule has 17 heavy (non-hydrogen) atoms. The van der Waals surface area contributed by atoms with Crippen LogP contribution in [0.15, 0.2) is 23.1 Å². The van der Waals surface area contributed by atoms with Gasteiger partial charge in [0, 0.05) is 30.8 Å². The van der Waals surface area contributed by atoms with E-state index in [0.29, 0.717) is 5.56 Å². The van der Waals surface area contributed by atoms with Gasteiger partial charge < -0.3 is 15.4 Å². The summed E-state index contributed by atoms with van der Waals surface area (Å²) >= 11 is 0. The monoisotopic (exact) mass is 236 g/mol. The predicted octanol–water partition coefficient (Wildman–Crippen LogP) is 0.266. The van der Waals surface area contributed by atoms with Gasteiger partial charge in [0.05, 0.1) is 5.56 Å². The van der Waals surface area contributed by atoms with Crippen LogP contribution in [0.25, 0.3) is 0 Å². The van der Waals surface area contributed by atoms with Gasteiger partial charge in [-0.25, -0.2) is 0 Å². The average molecular weight is 236 g/mol. The largest absolute Gasteiger partial charge is 0.396 e. The highest BCUT2D eigenvalue weighted by Crippen LogP contribution is 2.25. The summed E-state index contributed by atoms with van der Waals surface area (Å²) < 4.78 is 0. The van der Waals surface area contributed by atoms with E-state index >= 15 is 0 Å². The van der Waals surface area contributed by atoms with Gasteiger partial charge in [-0.15, -0.1) is 0 Å². The Morgan fingerprint density at radius 2 is 2.29 bits per heavy atom. The Bertz CT molecular complexity index is 435. The molecule has 5 nitrogen and oxygen atoms in total. The number of hydrogen-bond acceptors (Lipinski definition) is 3. The lowest BCUT2D eigenvalue weighted by atomic mass is 10.0. The molecule has 0 aromatic carbocycles. The molecule has 1 saturated carbocycles. The number of aliphatic hydroxyl groups excluding tert-OH is 1. The fourth-order valence-corrected chi connectivity index (χ4v) is 2.25. The number of aromatic nitrogens is 1. The smallest absolute Gasteiger partial charge is 0.252 e. The molecule has 0 bridgehead atoms. The molecular weight excluding hydrogens is 220 g/mol. The Morgan fingerprint density at radius 3 is 2.94 bits per heavy atom. The van der Waals surface area contributed by atoms with Crippen LogP contribution in [0.1, 0.15) is 29.6 Å². The molecule has 1 aliphatic carbocycles. The maximum absolute atomic E-state index is 11.9. The highest BCUT2D eigenvalue weighted by atomic mass is 16.3. The van der Waals surface area contributed by atoms with Crippen molar-refractivity contribution in [1.82, 2.24) is 10.3 Å². The maximum atomic E-state index is 11.9. The number of nitrogens with one attached hydrogen (secondary N) is 2. The van der Waals surface area contributed by atoms with Gasteiger partial charge in [0.15, 0.2) is 0 Å². The third kappa shape index (κ3) is 2.74. The van der Waals surface area contributed by atoms with E-state index in [4.69, 9.17) is 5.11 Å². The van der Waals surface area contributed by atoms with Gasteiger partial charge in [-0.3, -0.25) is 9.59 Å². The number of H-pyrrole nitrogens is 1. The van der Waals surface area contributed by atoms with Gasteiger partial charge >= 0.3 is 0 Å². The van der Waals surface area contributed by atoms with Crippen molar-refractivity contribution in [2.75, 3.05) is 6.61 Å². The molecule has 92 valence electrons. The molecule has 5 heteroatoms. The summed E-state index contributed by atoms with van der Waals surface area (Å²) in [6.45, 7) is 0.108. The van der Waals surface area contributed by atoms with E-state index in [-0.39, 0.29) is 30.0 Å². The Hall–Kier alpha value is -1.62. The number of amides is 1. The highest BCUT2D eigenvalue weighted by molar-refractivity contribution is 5.94. The van der Waals surface area contributed by atoms with Gasteiger partial charge in [0.25, 0.3) is 5.91 Å². The van der Waals surface area contributed by atoms with Crippen LogP contribution in [-0.4, -0.2) is 28.6 Å². The van der Waals surface area contributed by atoms with Gasteiger partial charge in [-0.05, 0) is 18.9 Å². The Kier molecular flexibility index (Phi) is 3.58. The minimum absolute atomic E-state index is 0.0411. The number of carbonyl (C=O) groups excluding carboxylic acids is 1. The van der Waals surface area contributed by atoms with E-state index in [0.717, 1.165) is 19.3 Å². The van der Waals surface area contributed by atoms with Gasteiger partial charge in [0.1, 0.15) is 0 Å². The molecule has 1 heterocycles. The summed E-state index contributed by atoms with van der Waals surface area (Å²) in [5.74, 6) is -0.0479. The molecule has 1 fully saturated rings. The molecule has 1 aromatic heterocycles. The first kappa shape index (κ1) is 11.9. The van der Waals surface area contributed by atoms with Crippen molar-refractivity contribution >= 4 is 5.91 Å². The minimum Gasteiger partial charge on any atom is -0.396 e. The normalized spacial score (nSPS) is 23.6. The van der Waals surface area contributed by atoms with Crippen molar-refractivity contribution in [3.05, 3.63) is 34.2 Å². The van der Waals surface area contributed by atoms with E-state index in [1.807, 2.05) is 0 Å². The lowest BCUT2D eigenvalue weighted by molar-refractivity contribution is 0.0915. The maximum Gasteiger partial charge on any atom is 0.252 e. The number of carbonyl (C=O) groups is 1. The fourth-order valence-electron chi connectivity index (χ4n) is 2.25. The molecule has 1 amide bonds. The van der Waals surface area contributed by atoms with Gasteiger partial charge in [-0.1, -0.05) is 6.42 Å². The van der Waals surface area contributed by atoms with Crippen molar-refractivity contribution < 1.29 is 9.90 Å². The third-order valence-corrected chi connectivity index (χ3v) is 3.26. The van der Waals surface area contributed by atoms with E-state index in [1.54, 1.807) is 0 Å². The molecule has 0 saturated heterocycles. The Balaban J connectivity index is 2.01. The first-order chi connectivity index (χ1) is 8.20. The third-order valence-electron chi connectivity index (χ3n) is 3.26. The lowest BCUT2D eigenvalue weighted by Gasteiger charge is -2.18. The summed E-state index contributed by atoms with van der Waals surface area (Å²) in [5, 5.41) is 12.1. The molecule has 0 radical (unpaired) electrons. The standard InChI is InChI=1S/C12H16N2O3/c15-7-9-2-1-3-10(9)14-12(17)8-4-5-11(16)13-6-8/h4-6,9-10,15H,1-3,7H2,(H,13,16)(H,14,17). The molecule has 2 atom stereocenters. The number of aromatic amines is 1. The first-order valence-electron chi connectivity index (χ1n) is 5.81. The molecule has 1 aliphatic rings. The summed E-state index contributed by atoms with van der Waals surface area (Å²) in [6.07, 6.45) is 4.29. The van der Waals surface area contributed by atoms with Crippen LogP contribution in [0, 0.1) is 5.92 Å². The second kappa shape index (κ2) is 5.14. The van der Waals surface area contributed by atoms with Crippen molar-refractivity contribution in [2.45, 2.75) is 25.3 Å². The summed E-state index contributed by atoms with van der Waals surface area (Å²) in [6, 6.07) is 2.86. The topological polar surface area (TPSA) is 82.2 Å². The van der Waals surface area contributed by atoms with Crippen LogP contribution < -0.4 is 10.9 Å². The molecule has 0 spiro atoms. The zero-order chi connectivity index (χ0) is 12.3. The van der Waals surface area contributed by atoms with Crippen molar-refractivity contribution in [3.8, 4) is 0 Å². The molecule has 1 aromatic rings. The fraction of sp³-hybridized carbons (Fsp3) is 0.500. The van der Waals surface area contributed by atoms with Gasteiger partial charge in [-0.2, -0.15) is 0 Å². The minimum atomic E-state index is -0.226. The Labute approximate surface area is 98.9 Å². The number of aliphatic hydroxyl groups is 1. The van der Waals surface area contributed by atoms with Crippen LogP contribution >= 0.6 is 0 Å². The van der Waals surface area contributed by atoms with E-state index in [1.165, 1.54) is 18.3 Å². The average Bonchev–Trinajstić information content (AvgIpc) is 2.77. The SMILES string of the molecule is O=C(NC1CCCC1CO)c1ccc(=O)[nH]c1. The molecular formula is C12H16N2O3. The van der Waals surface area contributed by atoms with Gasteiger partial charge in [0.2, 0.25) is 5.56 Å². The van der Waals surface area contributed by atoms with Crippen LogP contribution in [0.4, 0.5) is 0 Å². The van der Waals surface area contributed by atoms with E-state index in [9.17, 15) is 9.59 Å². The molecule has 2 rings (SSSR count). The zero-order valence-electron chi connectivity index (χ0n) is 9.48. The lowest BCUT2D eigenvalue weighted by Crippen LogP contribution is -2.38. The second-order valence-electron chi connectivity index (χ2n) is 4.40. The van der Waals surface area contributed by atoms with Crippen molar-refractivity contribution in [3.63, 3.8) is 0 Å². The summed E-state index contributed by atoms with van der Waals surface area (Å²) in [7, 11) is 0. The predicted molar refractivity (Wildman–Crippen MR) is 62.7 cm³/mol. The number of hydrogen-bond donors (Lipinski definition) is 3. The van der Waals surface area contributed by atoms with Crippen LogP contribution in [-0.2, 0) is 0 Å². The van der Waals surface area contributed by atoms with Crippen molar-refractivity contribution in [2.24, 2.45) is 5.92 Å². The van der Waals surface area contributed by atoms with Crippen LogP contribution in [0.2, 0.25) is 0 Å².